The number of rotatable bonds is 6. The van der Waals surface area contributed by atoms with Crippen molar-refractivity contribution in [1.29, 1.82) is 0 Å². The third-order valence-corrected chi connectivity index (χ3v) is 2.86. The molecule has 0 spiro atoms. The second kappa shape index (κ2) is 6.48. The van der Waals surface area contributed by atoms with Crippen LogP contribution in [0.2, 0.25) is 0 Å². The Morgan fingerprint density at radius 3 is 2.50 bits per heavy atom. The van der Waals surface area contributed by atoms with Crippen LogP contribution in [0.5, 0.6) is 0 Å². The van der Waals surface area contributed by atoms with E-state index in [0.29, 0.717) is 5.92 Å². The maximum atomic E-state index is 12.7. The highest BCUT2D eigenvalue weighted by Crippen LogP contribution is 2.14. The van der Waals surface area contributed by atoms with Gasteiger partial charge in [0.15, 0.2) is 0 Å². The van der Waals surface area contributed by atoms with E-state index in [1.807, 2.05) is 19.2 Å². The Bertz CT molecular complexity index is 297. The number of benzene rings is 1. The lowest BCUT2D eigenvalue weighted by atomic mass is 10.1. The van der Waals surface area contributed by atoms with Crippen LogP contribution >= 0.6 is 0 Å². The van der Waals surface area contributed by atoms with E-state index in [0.717, 1.165) is 31.6 Å². The minimum absolute atomic E-state index is 0.186. The normalized spacial score (nSPS) is 12.5. The van der Waals surface area contributed by atoms with Gasteiger partial charge < -0.3 is 10.6 Å². The van der Waals surface area contributed by atoms with Crippen molar-refractivity contribution in [3.8, 4) is 0 Å². The van der Waals surface area contributed by atoms with E-state index in [1.54, 1.807) is 0 Å². The Morgan fingerprint density at radius 1 is 1.31 bits per heavy atom. The Hall–Kier alpha value is -1.09. The summed E-state index contributed by atoms with van der Waals surface area (Å²) in [5.41, 5.74) is 6.62. The SMILES string of the molecule is CC(CN)CCCN(C)c1ccc(F)cc1. The van der Waals surface area contributed by atoms with Gasteiger partial charge in [0.2, 0.25) is 0 Å². The number of nitrogens with two attached hydrogens (primary N) is 1. The molecule has 0 aliphatic heterocycles. The lowest BCUT2D eigenvalue weighted by molar-refractivity contribution is 0.521. The van der Waals surface area contributed by atoms with Crippen molar-refractivity contribution in [3.05, 3.63) is 30.1 Å². The summed E-state index contributed by atoms with van der Waals surface area (Å²) in [5.74, 6) is 0.399. The molecular weight excluding hydrogens is 203 g/mol. The summed E-state index contributed by atoms with van der Waals surface area (Å²) in [5, 5.41) is 0. The maximum Gasteiger partial charge on any atom is 0.123 e. The predicted molar refractivity (Wildman–Crippen MR) is 67.1 cm³/mol. The molecule has 0 aliphatic rings. The van der Waals surface area contributed by atoms with Crippen LogP contribution in [-0.4, -0.2) is 20.1 Å². The highest BCUT2D eigenvalue weighted by atomic mass is 19.1. The Morgan fingerprint density at radius 2 is 1.94 bits per heavy atom. The molecule has 0 aliphatic carbocycles. The average Bonchev–Trinajstić information content (AvgIpc) is 2.29. The Kier molecular flexibility index (Phi) is 5.26. The molecule has 0 saturated carbocycles. The first-order chi connectivity index (χ1) is 7.63. The number of nitrogens with zero attached hydrogens (tertiary/aromatic N) is 1. The van der Waals surface area contributed by atoms with Gasteiger partial charge in [0, 0.05) is 19.3 Å². The van der Waals surface area contributed by atoms with Gasteiger partial charge >= 0.3 is 0 Å². The topological polar surface area (TPSA) is 29.3 Å². The molecule has 0 bridgehead atoms. The minimum Gasteiger partial charge on any atom is -0.375 e. The second-order valence-electron chi connectivity index (χ2n) is 4.38. The molecule has 1 aromatic rings. The van der Waals surface area contributed by atoms with E-state index < -0.39 is 0 Å². The van der Waals surface area contributed by atoms with E-state index in [9.17, 15) is 4.39 Å². The first kappa shape index (κ1) is 13.0. The van der Waals surface area contributed by atoms with Gasteiger partial charge in [-0.15, -0.1) is 0 Å². The highest BCUT2D eigenvalue weighted by molar-refractivity contribution is 5.45. The summed E-state index contributed by atoms with van der Waals surface area (Å²) in [6.07, 6.45) is 2.26. The zero-order chi connectivity index (χ0) is 12.0. The van der Waals surface area contributed by atoms with Crippen molar-refractivity contribution in [2.24, 2.45) is 11.7 Å². The number of hydrogen-bond donors (Lipinski definition) is 1. The van der Waals surface area contributed by atoms with Crippen LogP contribution < -0.4 is 10.6 Å². The molecule has 2 nitrogen and oxygen atoms in total. The van der Waals surface area contributed by atoms with Crippen LogP contribution in [0.1, 0.15) is 19.8 Å². The van der Waals surface area contributed by atoms with Crippen LogP contribution in [0, 0.1) is 11.7 Å². The lowest BCUT2D eigenvalue weighted by Gasteiger charge is -2.20. The van der Waals surface area contributed by atoms with Crippen LogP contribution in [-0.2, 0) is 0 Å². The van der Waals surface area contributed by atoms with Gasteiger partial charge in [-0.2, -0.15) is 0 Å². The van der Waals surface area contributed by atoms with Crippen molar-refractivity contribution in [2.75, 3.05) is 25.0 Å². The molecule has 1 rings (SSSR count). The summed E-state index contributed by atoms with van der Waals surface area (Å²) in [4.78, 5) is 2.14. The van der Waals surface area contributed by atoms with Gasteiger partial charge in [0.1, 0.15) is 5.82 Å². The monoisotopic (exact) mass is 224 g/mol. The van der Waals surface area contributed by atoms with E-state index in [2.05, 4.69) is 11.8 Å². The molecule has 1 atom stereocenters. The molecule has 16 heavy (non-hydrogen) atoms. The van der Waals surface area contributed by atoms with Gasteiger partial charge in [-0.3, -0.25) is 0 Å². The van der Waals surface area contributed by atoms with Crippen molar-refractivity contribution in [3.63, 3.8) is 0 Å². The largest absolute Gasteiger partial charge is 0.375 e. The quantitative estimate of drug-likeness (QED) is 0.805. The lowest BCUT2D eigenvalue weighted by Crippen LogP contribution is -2.20. The summed E-state index contributed by atoms with van der Waals surface area (Å²) < 4.78 is 12.7. The van der Waals surface area contributed by atoms with Crippen LogP contribution in [0.25, 0.3) is 0 Å². The third-order valence-electron chi connectivity index (χ3n) is 2.86. The van der Waals surface area contributed by atoms with Gasteiger partial charge in [0.05, 0.1) is 0 Å². The fraction of sp³-hybridized carbons (Fsp3) is 0.538. The summed E-state index contributed by atoms with van der Waals surface area (Å²) in [6, 6.07) is 6.60. The Labute approximate surface area is 97.3 Å². The summed E-state index contributed by atoms with van der Waals surface area (Å²) in [7, 11) is 2.03. The molecule has 0 aromatic heterocycles. The van der Waals surface area contributed by atoms with Crippen molar-refractivity contribution in [1.82, 2.24) is 0 Å². The molecule has 0 amide bonds. The zero-order valence-electron chi connectivity index (χ0n) is 10.1. The molecule has 0 saturated heterocycles. The molecule has 3 heteroatoms. The summed E-state index contributed by atoms with van der Waals surface area (Å²) >= 11 is 0. The molecule has 0 fully saturated rings. The van der Waals surface area contributed by atoms with Gasteiger partial charge in [0.25, 0.3) is 0 Å². The second-order valence-corrected chi connectivity index (χ2v) is 4.38. The van der Waals surface area contributed by atoms with Crippen LogP contribution in [0.4, 0.5) is 10.1 Å². The van der Waals surface area contributed by atoms with Crippen LogP contribution in [0.3, 0.4) is 0 Å². The fourth-order valence-corrected chi connectivity index (χ4v) is 1.62. The van der Waals surface area contributed by atoms with Crippen molar-refractivity contribution in [2.45, 2.75) is 19.8 Å². The third kappa shape index (κ3) is 4.19. The molecule has 2 N–H and O–H groups in total. The molecule has 90 valence electrons. The minimum atomic E-state index is -0.186. The first-order valence-corrected chi connectivity index (χ1v) is 5.80. The average molecular weight is 224 g/mol. The van der Waals surface area contributed by atoms with Gasteiger partial charge in [-0.1, -0.05) is 6.92 Å². The highest BCUT2D eigenvalue weighted by Gasteiger charge is 2.03. The maximum absolute atomic E-state index is 12.7. The van der Waals surface area contributed by atoms with Crippen LogP contribution in [0.15, 0.2) is 24.3 Å². The number of anilines is 1. The predicted octanol–water partition coefficient (Wildman–Crippen LogP) is 2.64. The van der Waals surface area contributed by atoms with Crippen molar-refractivity contribution < 1.29 is 4.39 Å². The molecule has 1 aromatic carbocycles. The molecule has 0 heterocycles. The number of halogens is 1. The number of hydrogen-bond acceptors (Lipinski definition) is 2. The Balaban J connectivity index is 2.35. The van der Waals surface area contributed by atoms with E-state index in [-0.39, 0.29) is 5.82 Å². The molecular formula is C13H21FN2. The van der Waals surface area contributed by atoms with E-state index in [4.69, 9.17) is 5.73 Å². The molecule has 1 unspecified atom stereocenters. The van der Waals surface area contributed by atoms with E-state index >= 15 is 0 Å². The first-order valence-electron chi connectivity index (χ1n) is 5.80. The smallest absolute Gasteiger partial charge is 0.123 e. The zero-order valence-corrected chi connectivity index (χ0v) is 10.1. The van der Waals surface area contributed by atoms with Crippen molar-refractivity contribution >= 4 is 5.69 Å². The fourth-order valence-electron chi connectivity index (χ4n) is 1.62. The van der Waals surface area contributed by atoms with E-state index in [1.165, 1.54) is 12.1 Å². The summed E-state index contributed by atoms with van der Waals surface area (Å²) in [6.45, 7) is 3.90. The standard InChI is InChI=1S/C13H21FN2/c1-11(10-15)4-3-9-16(2)13-7-5-12(14)6-8-13/h5-8,11H,3-4,9-10,15H2,1-2H3. The van der Waals surface area contributed by atoms with Gasteiger partial charge in [-0.25, -0.2) is 4.39 Å². The van der Waals surface area contributed by atoms with Gasteiger partial charge in [-0.05, 0) is 49.6 Å². The molecule has 0 radical (unpaired) electrons.